The van der Waals surface area contributed by atoms with Crippen molar-refractivity contribution in [1.29, 1.82) is 0 Å². The van der Waals surface area contributed by atoms with E-state index in [0.717, 1.165) is 16.3 Å². The van der Waals surface area contributed by atoms with Crippen molar-refractivity contribution in [2.45, 2.75) is 11.3 Å². The van der Waals surface area contributed by atoms with Crippen LogP contribution in [0.15, 0.2) is 113 Å². The molecule has 0 saturated carbocycles. The minimum atomic E-state index is -4.17. The third-order valence-corrected chi connectivity index (χ3v) is 8.27. The Bertz CT molecular complexity index is 1690. The van der Waals surface area contributed by atoms with Crippen molar-refractivity contribution in [1.82, 2.24) is 10.7 Å². The number of nitrogens with zero attached hydrogens (tertiary/aromatic N) is 2. The molecule has 0 aromatic heterocycles. The van der Waals surface area contributed by atoms with Crippen molar-refractivity contribution in [3.8, 4) is 11.5 Å². The molecule has 4 rings (SSSR count). The van der Waals surface area contributed by atoms with E-state index in [9.17, 15) is 18.0 Å². The van der Waals surface area contributed by atoms with E-state index in [1.165, 1.54) is 37.6 Å². The van der Waals surface area contributed by atoms with E-state index in [2.05, 4.69) is 15.8 Å². The number of benzene rings is 4. The highest BCUT2D eigenvalue weighted by molar-refractivity contribution is 7.92. The summed E-state index contributed by atoms with van der Waals surface area (Å²) in [6, 6.07) is 28.8. The zero-order valence-corrected chi connectivity index (χ0v) is 25.4. The van der Waals surface area contributed by atoms with Gasteiger partial charge in [0, 0.05) is 11.6 Å². The largest absolute Gasteiger partial charge is 0.495 e. The van der Waals surface area contributed by atoms with Gasteiger partial charge in [0.25, 0.3) is 21.8 Å². The molecule has 4 aromatic rings. The lowest BCUT2D eigenvalue weighted by Gasteiger charge is -2.25. The van der Waals surface area contributed by atoms with E-state index in [1.807, 2.05) is 30.3 Å². The van der Waals surface area contributed by atoms with Crippen LogP contribution in [0, 0.1) is 0 Å². The molecule has 0 aliphatic carbocycles. The van der Waals surface area contributed by atoms with Crippen molar-refractivity contribution in [3.05, 3.63) is 119 Å². The predicted molar refractivity (Wildman–Crippen MR) is 170 cm³/mol. The zero-order valence-electron chi connectivity index (χ0n) is 23.9. The van der Waals surface area contributed by atoms with Crippen molar-refractivity contribution in [2.75, 3.05) is 31.1 Å². The Kier molecular flexibility index (Phi) is 11.3. The topological polar surface area (TPSA) is 126 Å². The Morgan fingerprint density at radius 1 is 0.909 bits per heavy atom. The van der Waals surface area contributed by atoms with E-state index in [-0.39, 0.29) is 33.9 Å². The number of nitrogens with one attached hydrogen (secondary N) is 2. The standard InChI is InChI=1S/C32H31ClN4O6S/c1-42-30-17-14-26(33)20-29(30)37(44(40,41)28-10-6-3-7-11-28)22-31(38)36-35-21-25-12-15-27(16-13-25)43-23-32(39)34-19-18-24-8-4-2-5-9-24/h2-17,20-21H,18-19,22-23H2,1H3,(H,34,39)(H,36,38)/b35-21-. The van der Waals surface area contributed by atoms with Crippen LogP contribution < -0.4 is 24.5 Å². The number of hydrogen-bond acceptors (Lipinski definition) is 7. The van der Waals surface area contributed by atoms with Gasteiger partial charge in [-0.1, -0.05) is 60.1 Å². The van der Waals surface area contributed by atoms with Crippen LogP contribution in [-0.2, 0) is 26.0 Å². The third kappa shape index (κ3) is 9.06. The summed E-state index contributed by atoms with van der Waals surface area (Å²) in [5, 5.41) is 7.05. The Morgan fingerprint density at radius 3 is 2.27 bits per heavy atom. The van der Waals surface area contributed by atoms with E-state index >= 15 is 0 Å². The smallest absolute Gasteiger partial charge is 0.264 e. The first-order valence-corrected chi connectivity index (χ1v) is 15.3. The van der Waals surface area contributed by atoms with E-state index in [0.29, 0.717) is 17.9 Å². The molecule has 0 atom stereocenters. The molecule has 12 heteroatoms. The summed E-state index contributed by atoms with van der Waals surface area (Å²) < 4.78 is 38.9. The molecule has 0 spiro atoms. The number of hydrazone groups is 1. The average Bonchev–Trinajstić information content (AvgIpc) is 3.04. The highest BCUT2D eigenvalue weighted by Crippen LogP contribution is 2.34. The number of halogens is 1. The van der Waals surface area contributed by atoms with Gasteiger partial charge < -0.3 is 14.8 Å². The number of carbonyl (C=O) groups is 2. The summed E-state index contributed by atoms with van der Waals surface area (Å²) in [6.45, 7) is -0.209. The minimum absolute atomic E-state index is 0.00898. The maximum atomic E-state index is 13.6. The number of anilines is 1. The van der Waals surface area contributed by atoms with Crippen molar-refractivity contribution in [3.63, 3.8) is 0 Å². The Labute approximate surface area is 261 Å². The zero-order chi connectivity index (χ0) is 31.4. The van der Waals surface area contributed by atoms with Gasteiger partial charge >= 0.3 is 0 Å². The van der Waals surface area contributed by atoms with E-state index in [4.69, 9.17) is 21.1 Å². The molecule has 44 heavy (non-hydrogen) atoms. The fraction of sp³-hybridized carbons (Fsp3) is 0.156. The van der Waals surface area contributed by atoms with Gasteiger partial charge in [0.15, 0.2) is 6.61 Å². The van der Waals surface area contributed by atoms with Gasteiger partial charge in [-0.05, 0) is 72.1 Å². The molecular weight excluding hydrogens is 604 g/mol. The second-order valence-corrected chi connectivity index (χ2v) is 11.7. The van der Waals surface area contributed by atoms with Crippen LogP contribution >= 0.6 is 11.6 Å². The second kappa shape index (κ2) is 15.6. The SMILES string of the molecule is COc1ccc(Cl)cc1N(CC(=O)N/N=C\c1ccc(OCC(=O)NCCc2ccccc2)cc1)S(=O)(=O)c1ccccc1. The summed E-state index contributed by atoms with van der Waals surface area (Å²) in [5.74, 6) is -0.215. The number of amides is 2. The van der Waals surface area contributed by atoms with Gasteiger partial charge in [0.2, 0.25) is 0 Å². The second-order valence-electron chi connectivity index (χ2n) is 9.38. The van der Waals surface area contributed by atoms with Gasteiger partial charge in [-0.15, -0.1) is 0 Å². The monoisotopic (exact) mass is 634 g/mol. The van der Waals surface area contributed by atoms with Crippen LogP contribution in [0.3, 0.4) is 0 Å². The first kappa shape index (κ1) is 32.1. The molecule has 2 N–H and O–H groups in total. The Hall–Kier alpha value is -4.87. The highest BCUT2D eigenvalue weighted by atomic mass is 35.5. The molecule has 10 nitrogen and oxygen atoms in total. The summed E-state index contributed by atoms with van der Waals surface area (Å²) in [5.41, 5.74) is 4.23. The van der Waals surface area contributed by atoms with Crippen LogP contribution in [0.25, 0.3) is 0 Å². The van der Waals surface area contributed by atoms with E-state index in [1.54, 1.807) is 48.5 Å². The fourth-order valence-corrected chi connectivity index (χ4v) is 5.67. The third-order valence-electron chi connectivity index (χ3n) is 6.26. The Balaban J connectivity index is 1.33. The van der Waals surface area contributed by atoms with Gasteiger partial charge in [0.05, 0.1) is 23.9 Å². The lowest BCUT2D eigenvalue weighted by atomic mass is 10.1. The first-order chi connectivity index (χ1) is 21.3. The van der Waals surface area contributed by atoms with Gasteiger partial charge in [-0.25, -0.2) is 13.8 Å². The number of sulfonamides is 1. The van der Waals surface area contributed by atoms with Crippen LogP contribution in [0.5, 0.6) is 11.5 Å². The fourth-order valence-electron chi connectivity index (χ4n) is 4.06. The lowest BCUT2D eigenvalue weighted by Crippen LogP contribution is -2.39. The first-order valence-electron chi connectivity index (χ1n) is 13.5. The predicted octanol–water partition coefficient (Wildman–Crippen LogP) is 4.43. The van der Waals surface area contributed by atoms with Crippen LogP contribution in [0.2, 0.25) is 5.02 Å². The molecule has 0 fully saturated rings. The molecular formula is C32H31ClN4O6S. The summed E-state index contributed by atoms with van der Waals surface area (Å²) in [6.07, 6.45) is 2.13. The van der Waals surface area contributed by atoms with E-state index < -0.39 is 22.5 Å². The van der Waals surface area contributed by atoms with Crippen molar-refractivity contribution >= 4 is 45.3 Å². The van der Waals surface area contributed by atoms with Crippen LogP contribution in [0.1, 0.15) is 11.1 Å². The van der Waals surface area contributed by atoms with Crippen LogP contribution in [-0.4, -0.2) is 53.3 Å². The number of hydrogen-bond donors (Lipinski definition) is 2. The molecule has 0 aliphatic heterocycles. The van der Waals surface area contributed by atoms with Gasteiger partial charge in [-0.2, -0.15) is 5.10 Å². The van der Waals surface area contributed by atoms with Crippen molar-refractivity contribution in [2.24, 2.45) is 5.10 Å². The van der Waals surface area contributed by atoms with Crippen LogP contribution in [0.4, 0.5) is 5.69 Å². The molecule has 0 unspecified atom stereocenters. The highest BCUT2D eigenvalue weighted by Gasteiger charge is 2.29. The molecule has 0 heterocycles. The number of methoxy groups -OCH3 is 1. The van der Waals surface area contributed by atoms with Gasteiger partial charge in [0.1, 0.15) is 18.0 Å². The summed E-state index contributed by atoms with van der Waals surface area (Å²) in [7, 11) is -2.78. The maximum absolute atomic E-state index is 13.6. The molecule has 0 saturated heterocycles. The molecule has 0 aliphatic rings. The number of ether oxygens (including phenoxy) is 2. The minimum Gasteiger partial charge on any atom is -0.495 e. The molecule has 4 aromatic carbocycles. The Morgan fingerprint density at radius 2 is 1.59 bits per heavy atom. The maximum Gasteiger partial charge on any atom is 0.264 e. The molecule has 0 bridgehead atoms. The molecule has 2 amide bonds. The molecule has 0 radical (unpaired) electrons. The number of carbonyl (C=O) groups excluding carboxylic acids is 2. The molecule has 228 valence electrons. The van der Waals surface area contributed by atoms with Gasteiger partial charge in [-0.3, -0.25) is 13.9 Å². The van der Waals surface area contributed by atoms with Crippen molar-refractivity contribution < 1.29 is 27.5 Å². The quantitative estimate of drug-likeness (QED) is 0.156. The number of rotatable bonds is 14. The summed E-state index contributed by atoms with van der Waals surface area (Å²) >= 11 is 6.16. The normalized spacial score (nSPS) is 11.1. The summed E-state index contributed by atoms with van der Waals surface area (Å²) in [4.78, 5) is 25.0. The lowest BCUT2D eigenvalue weighted by molar-refractivity contribution is -0.123. The average molecular weight is 635 g/mol.